The minimum atomic E-state index is -4.88. The molecule has 6 aromatic rings. The Hall–Kier alpha value is -2.69. The molecule has 0 radical (unpaired) electrons. The van der Waals surface area contributed by atoms with Gasteiger partial charge in [0.05, 0.1) is 0 Å². The number of hydrogen-bond donors (Lipinski definition) is 0. The quantitative estimate of drug-likeness (QED) is 0.152. The standard InChI is InChI=1S/2C20H15.C2H7Ge.2ClH.Hf/c2*1-14-12-16-8-5-11-19(20(16)13-14)18-10-4-7-15-6-2-3-9-17(15)18;1-3-2;;;/h2*2-13H,1H3;3H,1-2H3;2*1H;/q;;;;;+2/p-2. The van der Waals surface area contributed by atoms with Crippen LogP contribution >= 0.6 is 17.2 Å². The molecule has 0 aliphatic heterocycles. The average molecular weight is 864 g/mol. The number of rotatable bonds is 5. The van der Waals surface area contributed by atoms with Crippen molar-refractivity contribution >= 4 is 61.5 Å². The first-order valence-corrected chi connectivity index (χ1v) is 46.2. The Morgan fingerprint density at radius 1 is 0.478 bits per heavy atom. The van der Waals surface area contributed by atoms with E-state index in [1.54, 1.807) is 0 Å². The molecule has 0 amide bonds. The fourth-order valence-electron chi connectivity index (χ4n) is 8.79. The average Bonchev–Trinajstić information content (AvgIpc) is 3.60. The summed E-state index contributed by atoms with van der Waals surface area (Å²) in [5.74, 6) is 4.95. The van der Waals surface area contributed by atoms with E-state index in [0.29, 0.717) is 0 Å². The van der Waals surface area contributed by atoms with E-state index in [9.17, 15) is 0 Å². The van der Waals surface area contributed by atoms with E-state index in [4.69, 9.17) is 17.2 Å². The maximum absolute atomic E-state index is 8.56. The summed E-state index contributed by atoms with van der Waals surface area (Å²) in [5, 5.41) is 5.08. The second-order valence-electron chi connectivity index (χ2n) is 13.7. The zero-order valence-electron chi connectivity index (χ0n) is 26.7. The molecule has 0 N–H and O–H groups in total. The van der Waals surface area contributed by atoms with Crippen molar-refractivity contribution in [2.45, 2.75) is 32.7 Å². The Bertz CT molecular complexity index is 2110. The topological polar surface area (TPSA) is 0 Å². The molecular weight excluding hydrogens is 826 g/mol. The van der Waals surface area contributed by atoms with Crippen molar-refractivity contribution in [1.29, 1.82) is 0 Å². The van der Waals surface area contributed by atoms with Gasteiger partial charge in [0.15, 0.2) is 0 Å². The van der Waals surface area contributed by atoms with Crippen molar-refractivity contribution in [1.82, 2.24) is 0 Å². The fraction of sp³-hybridized carbons (Fsp3) is 0.143. The third-order valence-electron chi connectivity index (χ3n) is 10.9. The molecule has 0 heterocycles. The van der Waals surface area contributed by atoms with Gasteiger partial charge >= 0.3 is 285 Å². The van der Waals surface area contributed by atoms with Gasteiger partial charge in [0.2, 0.25) is 0 Å². The van der Waals surface area contributed by atoms with Crippen LogP contribution in [0, 0.1) is 0 Å². The van der Waals surface area contributed by atoms with Gasteiger partial charge in [-0.1, -0.05) is 0 Å². The van der Waals surface area contributed by atoms with Gasteiger partial charge in [0, 0.05) is 0 Å². The van der Waals surface area contributed by atoms with Gasteiger partial charge in [0.25, 0.3) is 0 Å². The van der Waals surface area contributed by atoms with Crippen LogP contribution < -0.4 is 0 Å². The van der Waals surface area contributed by atoms with Gasteiger partial charge in [-0.2, -0.15) is 0 Å². The van der Waals surface area contributed by atoms with Crippen LogP contribution in [-0.4, -0.2) is 10.6 Å². The molecule has 8 rings (SSSR count). The van der Waals surface area contributed by atoms with Crippen LogP contribution in [0.2, 0.25) is 11.5 Å². The summed E-state index contributed by atoms with van der Waals surface area (Å²) < 4.78 is 0.205. The van der Waals surface area contributed by atoms with Gasteiger partial charge in [-0.05, 0) is 0 Å². The second-order valence-corrected chi connectivity index (χ2v) is 102. The van der Waals surface area contributed by atoms with Crippen LogP contribution in [0.5, 0.6) is 0 Å². The number of benzene rings is 6. The first-order valence-electron chi connectivity index (χ1n) is 16.3. The molecule has 2 aliphatic carbocycles. The van der Waals surface area contributed by atoms with Crippen molar-refractivity contribution < 1.29 is 13.6 Å². The zero-order chi connectivity index (χ0) is 31.8. The molecule has 0 aromatic heterocycles. The van der Waals surface area contributed by atoms with Crippen LogP contribution in [-0.2, 0) is 13.6 Å². The Morgan fingerprint density at radius 2 is 0.848 bits per heavy atom. The third kappa shape index (κ3) is 4.42. The van der Waals surface area contributed by atoms with E-state index in [1.165, 1.54) is 77.2 Å². The third-order valence-corrected chi connectivity index (χ3v) is 126. The number of fused-ring (bicyclic) bond motifs is 4. The molecule has 0 saturated carbocycles. The van der Waals surface area contributed by atoms with E-state index in [-0.39, 0.29) is 7.35 Å². The van der Waals surface area contributed by atoms with E-state index < -0.39 is 24.3 Å². The zero-order valence-corrected chi connectivity index (χ0v) is 34.2. The van der Waals surface area contributed by atoms with Gasteiger partial charge in [-0.3, -0.25) is 0 Å². The van der Waals surface area contributed by atoms with E-state index in [0.717, 1.165) is 0 Å². The molecule has 0 fully saturated rings. The van der Waals surface area contributed by atoms with Crippen LogP contribution in [0.25, 0.3) is 56.0 Å². The summed E-state index contributed by atoms with van der Waals surface area (Å²) in [6.07, 6.45) is 4.84. The Balaban J connectivity index is 1.32. The van der Waals surface area contributed by atoms with Gasteiger partial charge in [-0.15, -0.1) is 0 Å². The van der Waals surface area contributed by atoms with Crippen molar-refractivity contribution in [3.8, 4) is 22.3 Å². The van der Waals surface area contributed by atoms with E-state index >= 15 is 0 Å². The molecule has 4 heteroatoms. The SMILES string of the molecule is CC1=Cc2c(-c3cccc4ccccc34)cccc2[CH]1[Hf]([Cl])([Cl])([CH]1C(C)=Cc2c(-c3cccc4ccccc34)cccc21)[GeH]([CH3])[CH3]. The van der Waals surface area contributed by atoms with Crippen LogP contribution in [0.3, 0.4) is 0 Å². The molecule has 2 aliphatic rings. The molecule has 0 bridgehead atoms. The first kappa shape index (κ1) is 30.6. The van der Waals surface area contributed by atoms with Crippen molar-refractivity contribution in [3.63, 3.8) is 0 Å². The van der Waals surface area contributed by atoms with Crippen molar-refractivity contribution in [3.05, 3.63) is 155 Å². The van der Waals surface area contributed by atoms with Crippen molar-refractivity contribution in [2.24, 2.45) is 0 Å². The normalized spacial score (nSPS) is 18.3. The van der Waals surface area contributed by atoms with Crippen LogP contribution in [0.1, 0.15) is 43.5 Å². The second kappa shape index (κ2) is 11.2. The van der Waals surface area contributed by atoms with Crippen LogP contribution in [0.4, 0.5) is 0 Å². The molecule has 0 nitrogen and oxygen atoms in total. The Kier molecular flexibility index (Phi) is 7.46. The Labute approximate surface area is 282 Å². The number of allylic oxidation sites excluding steroid dienone is 2. The fourth-order valence-corrected chi connectivity index (χ4v) is 75.3. The molecule has 2 atom stereocenters. The predicted octanol–water partition coefficient (Wildman–Crippen LogP) is 12.9. The summed E-state index contributed by atoms with van der Waals surface area (Å²) in [6.45, 7) is 4.59. The first-order chi connectivity index (χ1) is 22.2. The summed E-state index contributed by atoms with van der Waals surface area (Å²) in [5.41, 5.74) is 13.1. The summed E-state index contributed by atoms with van der Waals surface area (Å²) >= 11 is -4.88. The Morgan fingerprint density at radius 3 is 1.28 bits per heavy atom. The maximum atomic E-state index is 8.56. The van der Waals surface area contributed by atoms with Crippen molar-refractivity contribution in [2.75, 3.05) is 0 Å². The number of halogens is 2. The van der Waals surface area contributed by atoms with E-state index in [1.807, 2.05) is 0 Å². The van der Waals surface area contributed by atoms with Gasteiger partial charge < -0.3 is 0 Å². The van der Waals surface area contributed by atoms with Gasteiger partial charge in [-0.25, -0.2) is 0 Å². The van der Waals surface area contributed by atoms with Crippen LogP contribution in [0.15, 0.2) is 132 Å². The molecule has 227 valence electrons. The molecule has 6 aromatic carbocycles. The number of hydrogen-bond acceptors (Lipinski definition) is 0. The molecular formula is C42H37Cl2GeHf. The van der Waals surface area contributed by atoms with E-state index in [2.05, 4.69) is 159 Å². The predicted molar refractivity (Wildman–Crippen MR) is 202 cm³/mol. The van der Waals surface area contributed by atoms with Gasteiger partial charge in [0.1, 0.15) is 0 Å². The monoisotopic (exact) mass is 865 g/mol. The molecule has 0 spiro atoms. The molecule has 46 heavy (non-hydrogen) atoms. The summed E-state index contributed by atoms with van der Waals surface area (Å²) in [7, 11) is 14.9. The minimum absolute atomic E-state index is 0.103. The molecule has 0 saturated heterocycles. The molecule has 2 unspecified atom stereocenters. The summed E-state index contributed by atoms with van der Waals surface area (Å²) in [4.78, 5) is 0. The summed E-state index contributed by atoms with van der Waals surface area (Å²) in [6, 6.07) is 44.3.